The van der Waals surface area contributed by atoms with Crippen molar-refractivity contribution in [3.8, 4) is 0 Å². The van der Waals surface area contributed by atoms with Crippen LogP contribution in [0.3, 0.4) is 0 Å². The molecule has 5 rings (SSSR count). The largest absolute Gasteiger partial charge is 0.361 e. The fraction of sp³-hybridized carbons (Fsp3) is 0.154. The number of benzene rings is 3. The van der Waals surface area contributed by atoms with Crippen LogP contribution in [-0.4, -0.2) is 42.1 Å². The molecule has 1 aliphatic rings. The van der Waals surface area contributed by atoms with E-state index in [1.54, 1.807) is 42.5 Å². The van der Waals surface area contributed by atoms with E-state index < -0.39 is 27.9 Å². The Morgan fingerprint density at radius 1 is 0.943 bits per heavy atom. The summed E-state index contributed by atoms with van der Waals surface area (Å²) in [5.74, 6) is -0.963. The maximum atomic E-state index is 13.8. The number of hydrogen-bond donors (Lipinski definition) is 1. The number of para-hydroxylation sites is 2. The second-order valence-electron chi connectivity index (χ2n) is 8.30. The third-order valence-electron chi connectivity index (χ3n) is 6.18. The molecule has 3 aromatic carbocycles. The number of rotatable bonds is 7. The van der Waals surface area contributed by atoms with Gasteiger partial charge in [0.2, 0.25) is 15.9 Å². The molecule has 9 heteroatoms. The van der Waals surface area contributed by atoms with E-state index in [-0.39, 0.29) is 17.9 Å². The van der Waals surface area contributed by atoms with E-state index in [1.807, 2.05) is 30.5 Å². The number of carbonyl (C=O) groups is 2. The lowest BCUT2D eigenvalue weighted by Crippen LogP contribution is -2.46. The summed E-state index contributed by atoms with van der Waals surface area (Å²) < 4.78 is 29.5. The molecule has 1 atom stereocenters. The standard InChI is InChI=1S/C26H22BrN3O4S/c27-19-10-12-21(13-11-19)35(33,34)29(15-14-18-17-28-23-9-5-4-8-22(18)23)24-16-25(31)30(26(24)32)20-6-2-1-3-7-20/h1-13,17,24,28H,14-16H2. The minimum atomic E-state index is -4.07. The zero-order chi connectivity index (χ0) is 24.6. The topological polar surface area (TPSA) is 90.5 Å². The van der Waals surface area contributed by atoms with Crippen LogP contribution < -0.4 is 4.90 Å². The van der Waals surface area contributed by atoms with E-state index in [0.29, 0.717) is 12.1 Å². The predicted molar refractivity (Wildman–Crippen MR) is 137 cm³/mol. The van der Waals surface area contributed by atoms with Crippen molar-refractivity contribution < 1.29 is 18.0 Å². The van der Waals surface area contributed by atoms with Crippen molar-refractivity contribution in [2.75, 3.05) is 11.4 Å². The van der Waals surface area contributed by atoms with Gasteiger partial charge in [-0.2, -0.15) is 4.31 Å². The number of anilines is 1. The van der Waals surface area contributed by atoms with E-state index >= 15 is 0 Å². The smallest absolute Gasteiger partial charge is 0.252 e. The Morgan fingerprint density at radius 3 is 2.37 bits per heavy atom. The molecule has 0 radical (unpaired) electrons. The van der Waals surface area contributed by atoms with E-state index in [9.17, 15) is 18.0 Å². The van der Waals surface area contributed by atoms with Crippen LogP contribution in [-0.2, 0) is 26.0 Å². The van der Waals surface area contributed by atoms with Crippen molar-refractivity contribution in [3.05, 3.63) is 95.1 Å². The number of carbonyl (C=O) groups excluding carboxylic acids is 2. The lowest BCUT2D eigenvalue weighted by atomic mass is 10.1. The number of H-pyrrole nitrogens is 1. The van der Waals surface area contributed by atoms with Gasteiger partial charge < -0.3 is 4.98 Å². The normalized spacial score (nSPS) is 16.5. The molecule has 1 unspecified atom stereocenters. The van der Waals surface area contributed by atoms with Gasteiger partial charge in [0.1, 0.15) is 6.04 Å². The summed E-state index contributed by atoms with van der Waals surface area (Å²) in [7, 11) is -4.07. The Hall–Kier alpha value is -3.27. The summed E-state index contributed by atoms with van der Waals surface area (Å²) in [6.45, 7) is 0.0482. The first-order valence-corrected chi connectivity index (χ1v) is 13.3. The summed E-state index contributed by atoms with van der Waals surface area (Å²) in [6.07, 6.45) is 2.02. The molecule has 7 nitrogen and oxygen atoms in total. The molecule has 0 bridgehead atoms. The number of nitrogens with one attached hydrogen (secondary N) is 1. The van der Waals surface area contributed by atoms with Crippen LogP contribution in [0.4, 0.5) is 5.69 Å². The highest BCUT2D eigenvalue weighted by atomic mass is 79.9. The fourth-order valence-electron chi connectivity index (χ4n) is 4.44. The van der Waals surface area contributed by atoms with Crippen molar-refractivity contribution in [3.63, 3.8) is 0 Å². The third kappa shape index (κ3) is 4.42. The van der Waals surface area contributed by atoms with Gasteiger partial charge in [-0.25, -0.2) is 13.3 Å². The molecular weight excluding hydrogens is 530 g/mol. The van der Waals surface area contributed by atoms with E-state index in [1.165, 1.54) is 16.4 Å². The molecule has 0 saturated carbocycles. The van der Waals surface area contributed by atoms with Crippen LogP contribution >= 0.6 is 15.9 Å². The van der Waals surface area contributed by atoms with Crippen LogP contribution in [0, 0.1) is 0 Å². The van der Waals surface area contributed by atoms with Crippen LogP contribution in [0.2, 0.25) is 0 Å². The summed E-state index contributed by atoms with van der Waals surface area (Å²) in [5, 5.41) is 0.994. The minimum Gasteiger partial charge on any atom is -0.361 e. The highest BCUT2D eigenvalue weighted by Gasteiger charge is 2.46. The summed E-state index contributed by atoms with van der Waals surface area (Å²) >= 11 is 3.33. The molecule has 2 amide bonds. The van der Waals surface area contributed by atoms with Crippen molar-refractivity contribution >= 4 is 54.4 Å². The van der Waals surface area contributed by atoms with Crippen molar-refractivity contribution in [1.82, 2.24) is 9.29 Å². The van der Waals surface area contributed by atoms with Crippen LogP contribution in [0.25, 0.3) is 10.9 Å². The Kier molecular flexibility index (Phi) is 6.31. The quantitative estimate of drug-likeness (QED) is 0.342. The molecule has 1 fully saturated rings. The molecule has 178 valence electrons. The second kappa shape index (κ2) is 9.41. The number of fused-ring (bicyclic) bond motifs is 1. The van der Waals surface area contributed by atoms with Crippen LogP contribution in [0.5, 0.6) is 0 Å². The molecule has 1 aliphatic heterocycles. The Balaban J connectivity index is 1.51. The molecule has 1 saturated heterocycles. The van der Waals surface area contributed by atoms with E-state index in [0.717, 1.165) is 25.8 Å². The molecule has 0 spiro atoms. The first-order chi connectivity index (χ1) is 16.9. The van der Waals surface area contributed by atoms with E-state index in [2.05, 4.69) is 20.9 Å². The summed E-state index contributed by atoms with van der Waals surface area (Å²) in [4.78, 5) is 30.7. The Labute approximate surface area is 211 Å². The van der Waals surface area contributed by atoms with Gasteiger partial charge in [-0.3, -0.25) is 9.59 Å². The van der Waals surface area contributed by atoms with Gasteiger partial charge >= 0.3 is 0 Å². The molecule has 4 aromatic rings. The second-order valence-corrected chi connectivity index (χ2v) is 11.1. The molecular formula is C26H22BrN3O4S. The molecule has 35 heavy (non-hydrogen) atoms. The predicted octanol–water partition coefficient (Wildman–Crippen LogP) is 4.50. The molecule has 1 N–H and O–H groups in total. The van der Waals surface area contributed by atoms with Gasteiger partial charge in [0.05, 0.1) is 17.0 Å². The highest BCUT2D eigenvalue weighted by Crippen LogP contribution is 2.30. The number of halogens is 1. The van der Waals surface area contributed by atoms with Gasteiger partial charge in [-0.1, -0.05) is 52.3 Å². The Bertz CT molecular complexity index is 1500. The number of nitrogens with zero attached hydrogens (tertiary/aromatic N) is 2. The Morgan fingerprint density at radius 2 is 1.63 bits per heavy atom. The average Bonchev–Trinajstić information content (AvgIpc) is 3.40. The summed E-state index contributed by atoms with van der Waals surface area (Å²) in [6, 6.07) is 21.5. The van der Waals surface area contributed by atoms with Crippen molar-refractivity contribution in [2.24, 2.45) is 0 Å². The first kappa shape index (κ1) is 23.5. The van der Waals surface area contributed by atoms with E-state index in [4.69, 9.17) is 0 Å². The van der Waals surface area contributed by atoms with Crippen molar-refractivity contribution in [2.45, 2.75) is 23.8 Å². The fourth-order valence-corrected chi connectivity index (χ4v) is 6.29. The summed E-state index contributed by atoms with van der Waals surface area (Å²) in [5.41, 5.74) is 2.32. The van der Waals surface area contributed by atoms with Gasteiger partial charge in [-0.15, -0.1) is 0 Å². The number of amides is 2. The van der Waals surface area contributed by atoms with Crippen LogP contribution in [0.1, 0.15) is 12.0 Å². The number of hydrogen-bond acceptors (Lipinski definition) is 4. The number of aromatic nitrogens is 1. The zero-order valence-corrected chi connectivity index (χ0v) is 21.0. The van der Waals surface area contributed by atoms with Gasteiger partial charge in [0, 0.05) is 28.1 Å². The molecule has 2 heterocycles. The van der Waals surface area contributed by atoms with Gasteiger partial charge in [0.15, 0.2) is 0 Å². The molecule has 0 aliphatic carbocycles. The lowest BCUT2D eigenvalue weighted by molar-refractivity contribution is -0.122. The van der Waals surface area contributed by atoms with Gasteiger partial charge in [-0.05, 0) is 54.4 Å². The van der Waals surface area contributed by atoms with Gasteiger partial charge in [0.25, 0.3) is 5.91 Å². The van der Waals surface area contributed by atoms with Crippen molar-refractivity contribution in [1.29, 1.82) is 0 Å². The number of aromatic amines is 1. The minimum absolute atomic E-state index is 0.0482. The lowest BCUT2D eigenvalue weighted by Gasteiger charge is -2.27. The first-order valence-electron chi connectivity index (χ1n) is 11.1. The maximum Gasteiger partial charge on any atom is 0.252 e. The number of sulfonamides is 1. The average molecular weight is 552 g/mol. The third-order valence-corrected chi connectivity index (χ3v) is 8.63. The monoisotopic (exact) mass is 551 g/mol. The SMILES string of the molecule is O=C1CC(N(CCc2c[nH]c3ccccc23)S(=O)(=O)c2ccc(Br)cc2)C(=O)N1c1ccccc1. The number of imide groups is 1. The highest BCUT2D eigenvalue weighted by molar-refractivity contribution is 9.10. The zero-order valence-electron chi connectivity index (χ0n) is 18.6. The van der Waals surface area contributed by atoms with Crippen LogP contribution in [0.15, 0.2) is 94.4 Å². The molecule has 1 aromatic heterocycles. The maximum absolute atomic E-state index is 13.8.